The van der Waals surface area contributed by atoms with E-state index in [1.165, 1.54) is 12.4 Å². The Morgan fingerprint density at radius 3 is 2.84 bits per heavy atom. The zero-order valence-electron chi connectivity index (χ0n) is 16.3. The van der Waals surface area contributed by atoms with E-state index in [1.54, 1.807) is 12.1 Å². The van der Waals surface area contributed by atoms with Crippen molar-refractivity contribution in [2.24, 2.45) is 0 Å². The van der Waals surface area contributed by atoms with Crippen molar-refractivity contribution in [3.63, 3.8) is 0 Å². The minimum absolute atomic E-state index is 0.0136. The number of fused-ring (bicyclic) bond motifs is 2. The number of nitrogens with zero attached hydrogens (tertiary/aromatic N) is 4. The average Bonchev–Trinajstić information content (AvgIpc) is 3.28. The highest BCUT2D eigenvalue weighted by Gasteiger charge is 2.24. The first kappa shape index (κ1) is 19.6. The van der Waals surface area contributed by atoms with Crippen LogP contribution in [0, 0.1) is 11.6 Å². The van der Waals surface area contributed by atoms with Crippen LogP contribution in [0.5, 0.6) is 0 Å². The molecule has 0 unspecified atom stereocenters. The molecule has 0 fully saturated rings. The van der Waals surface area contributed by atoms with Gasteiger partial charge in [0.1, 0.15) is 28.0 Å². The van der Waals surface area contributed by atoms with Crippen molar-refractivity contribution < 1.29 is 17.2 Å². The summed E-state index contributed by atoms with van der Waals surface area (Å²) in [6, 6.07) is 4.97. The molecule has 4 heterocycles. The van der Waals surface area contributed by atoms with Gasteiger partial charge in [-0.3, -0.25) is 4.72 Å². The van der Waals surface area contributed by atoms with Gasteiger partial charge in [0, 0.05) is 36.8 Å². The van der Waals surface area contributed by atoms with Gasteiger partial charge < -0.3 is 9.55 Å². The summed E-state index contributed by atoms with van der Waals surface area (Å²) in [5, 5.41) is 8.59. The molecule has 31 heavy (non-hydrogen) atoms. The summed E-state index contributed by atoms with van der Waals surface area (Å²) in [5.74, 6) is -0.870. The molecule has 0 aliphatic carbocycles. The van der Waals surface area contributed by atoms with Crippen LogP contribution in [0.3, 0.4) is 0 Å². The van der Waals surface area contributed by atoms with Gasteiger partial charge in [-0.1, -0.05) is 6.42 Å². The number of nitrogens with one attached hydrogen (secondary N) is 2. The van der Waals surface area contributed by atoms with Crippen molar-refractivity contribution in [2.45, 2.75) is 37.1 Å². The lowest BCUT2D eigenvalue weighted by Crippen LogP contribution is -2.14. The predicted octanol–water partition coefficient (Wildman–Crippen LogP) is 3.63. The highest BCUT2D eigenvalue weighted by molar-refractivity contribution is 7.93. The summed E-state index contributed by atoms with van der Waals surface area (Å²) in [7, 11) is -4.17. The maximum atomic E-state index is 14.7. The molecule has 1 aliphatic rings. The van der Waals surface area contributed by atoms with Gasteiger partial charge in [-0.2, -0.15) is 0 Å². The number of aromatic nitrogens is 5. The molecular weight excluding hydrogens is 426 g/mol. The predicted molar refractivity (Wildman–Crippen MR) is 110 cm³/mol. The van der Waals surface area contributed by atoms with Crippen LogP contribution >= 0.6 is 0 Å². The Bertz CT molecular complexity index is 1400. The molecule has 0 atom stereocenters. The highest BCUT2D eigenvalue weighted by Crippen LogP contribution is 2.31. The van der Waals surface area contributed by atoms with Crippen LogP contribution < -0.4 is 4.72 Å². The largest absolute Gasteiger partial charge is 0.345 e. The number of anilines is 1. The van der Waals surface area contributed by atoms with Crippen LogP contribution in [0.2, 0.25) is 0 Å². The third-order valence-corrected chi connectivity index (χ3v) is 6.76. The Hall–Kier alpha value is -3.34. The molecule has 8 nitrogen and oxygen atoms in total. The minimum atomic E-state index is -4.17. The fraction of sp³-hybridized carbons (Fsp3) is 0.250. The number of hydrogen-bond acceptors (Lipinski definition) is 5. The Balaban J connectivity index is 1.56. The molecule has 2 N–H and O–H groups in total. The number of pyridine rings is 1. The molecule has 0 saturated carbocycles. The number of hydrogen-bond donors (Lipinski definition) is 2. The molecule has 5 rings (SSSR count). The summed E-state index contributed by atoms with van der Waals surface area (Å²) >= 11 is 0. The van der Waals surface area contributed by atoms with Gasteiger partial charge in [-0.05, 0) is 31.0 Å². The number of rotatable bonds is 4. The van der Waals surface area contributed by atoms with Gasteiger partial charge >= 0.3 is 0 Å². The first-order valence-corrected chi connectivity index (χ1v) is 11.3. The summed E-state index contributed by atoms with van der Waals surface area (Å²) in [6.07, 6.45) is 6.42. The Kier molecular flexibility index (Phi) is 4.69. The summed E-state index contributed by atoms with van der Waals surface area (Å²) in [5.41, 5.74) is -0.00440. The third kappa shape index (κ3) is 3.44. The molecular formula is C20H18F2N6O2S. The summed E-state index contributed by atoms with van der Waals surface area (Å²) < 4.78 is 59.1. The van der Waals surface area contributed by atoms with Gasteiger partial charge in [0.2, 0.25) is 0 Å². The van der Waals surface area contributed by atoms with Gasteiger partial charge in [0.15, 0.2) is 5.82 Å². The lowest BCUT2D eigenvalue weighted by Gasteiger charge is -2.12. The lowest BCUT2D eigenvalue weighted by molar-refractivity contribution is 0.581. The molecule has 0 bridgehead atoms. The van der Waals surface area contributed by atoms with Crippen molar-refractivity contribution >= 4 is 26.7 Å². The normalized spacial score (nSPS) is 14.4. The van der Waals surface area contributed by atoms with E-state index in [1.807, 2.05) is 4.57 Å². The second-order valence-electron chi connectivity index (χ2n) is 7.37. The molecule has 11 heteroatoms. The Morgan fingerprint density at radius 1 is 1.10 bits per heavy atom. The number of H-pyrrole nitrogens is 1. The molecule has 160 valence electrons. The van der Waals surface area contributed by atoms with Gasteiger partial charge in [-0.25, -0.2) is 22.2 Å². The van der Waals surface area contributed by atoms with E-state index in [0.29, 0.717) is 23.6 Å². The fourth-order valence-corrected chi connectivity index (χ4v) is 5.06. The number of sulfonamides is 1. The zero-order chi connectivity index (χ0) is 21.6. The number of aryl methyl sites for hydroxylation is 1. The molecule has 1 aromatic carbocycles. The van der Waals surface area contributed by atoms with Crippen molar-refractivity contribution in [3.05, 3.63) is 54.1 Å². The summed E-state index contributed by atoms with van der Waals surface area (Å²) in [6.45, 7) is 0.623. The van der Waals surface area contributed by atoms with E-state index in [9.17, 15) is 17.2 Å². The number of halogens is 2. The summed E-state index contributed by atoms with van der Waals surface area (Å²) in [4.78, 5) is 6.74. The van der Waals surface area contributed by atoms with Crippen molar-refractivity contribution in [1.82, 2.24) is 24.7 Å². The van der Waals surface area contributed by atoms with Crippen LogP contribution in [0.1, 0.15) is 25.1 Å². The second kappa shape index (κ2) is 7.41. The number of benzene rings is 1. The zero-order valence-corrected chi connectivity index (χ0v) is 17.1. The average molecular weight is 444 g/mol. The van der Waals surface area contributed by atoms with Crippen LogP contribution in [0.15, 0.2) is 41.6 Å². The smallest absolute Gasteiger partial charge is 0.264 e. The molecule has 0 spiro atoms. The topological polar surface area (TPSA) is 106 Å². The van der Waals surface area contributed by atoms with Crippen LogP contribution in [0.25, 0.3) is 22.4 Å². The van der Waals surface area contributed by atoms with Crippen LogP contribution in [-0.4, -0.2) is 33.2 Å². The van der Waals surface area contributed by atoms with Crippen LogP contribution in [0.4, 0.5) is 14.5 Å². The molecule has 0 amide bonds. The van der Waals surface area contributed by atoms with Crippen molar-refractivity contribution in [2.75, 3.05) is 4.72 Å². The Labute approximate surface area is 176 Å². The third-order valence-electron chi connectivity index (χ3n) is 5.35. The molecule has 4 aromatic rings. The van der Waals surface area contributed by atoms with E-state index < -0.39 is 21.7 Å². The highest BCUT2D eigenvalue weighted by atomic mass is 32.2. The monoisotopic (exact) mass is 444 g/mol. The van der Waals surface area contributed by atoms with E-state index in [4.69, 9.17) is 0 Å². The first-order chi connectivity index (χ1) is 14.9. The molecule has 3 aromatic heterocycles. The van der Waals surface area contributed by atoms with E-state index in [2.05, 4.69) is 24.9 Å². The SMILES string of the molecule is O=S(=O)(Nc1cc(-c2nnc3n2CCCCC3)c(F)cc1F)c1c[nH]c2ncccc12. The van der Waals surface area contributed by atoms with Crippen molar-refractivity contribution in [1.29, 1.82) is 0 Å². The van der Waals surface area contributed by atoms with Gasteiger partial charge in [-0.15, -0.1) is 10.2 Å². The van der Waals surface area contributed by atoms with Crippen LogP contribution in [-0.2, 0) is 23.0 Å². The standard InChI is InChI=1S/C20H18F2N6O2S/c21-14-10-15(22)16(9-13(14)20-26-25-18-6-2-1-3-8-28(18)20)27-31(29,30)17-11-24-19-12(17)5-4-7-23-19/h4-5,7,9-11,27H,1-3,6,8H2,(H,23,24). The molecule has 0 saturated heterocycles. The van der Waals surface area contributed by atoms with E-state index >= 15 is 0 Å². The Morgan fingerprint density at radius 2 is 1.97 bits per heavy atom. The quantitative estimate of drug-likeness (QED) is 0.500. The molecule has 1 aliphatic heterocycles. The second-order valence-corrected chi connectivity index (χ2v) is 9.02. The van der Waals surface area contributed by atoms with Gasteiger partial charge in [0.05, 0.1) is 11.3 Å². The maximum Gasteiger partial charge on any atom is 0.264 e. The van der Waals surface area contributed by atoms with Crippen molar-refractivity contribution in [3.8, 4) is 11.4 Å². The fourth-order valence-electron chi connectivity index (χ4n) is 3.84. The first-order valence-electron chi connectivity index (χ1n) is 9.80. The minimum Gasteiger partial charge on any atom is -0.345 e. The van der Waals surface area contributed by atoms with E-state index in [0.717, 1.165) is 37.6 Å². The van der Waals surface area contributed by atoms with E-state index in [-0.39, 0.29) is 22.0 Å². The van der Waals surface area contributed by atoms with Gasteiger partial charge in [0.25, 0.3) is 10.0 Å². The molecule has 0 radical (unpaired) electrons. The lowest BCUT2D eigenvalue weighted by atomic mass is 10.1. The number of aromatic amines is 1. The maximum absolute atomic E-state index is 14.7.